The third-order valence-electron chi connectivity index (χ3n) is 3.73. The summed E-state index contributed by atoms with van der Waals surface area (Å²) < 4.78 is 34.1. The minimum absolute atomic E-state index is 0.287. The van der Waals surface area contributed by atoms with Crippen LogP contribution in [-0.2, 0) is 33.2 Å². The number of hydrogen-bond acceptors (Lipinski definition) is 7. The SMILES string of the molecule is CC(=O)O[C@@H]1O[C@H]([C@H]2COC(C)(C)O2)[C@H]2OC(C)(C)O[C@@H]12. The molecule has 3 heterocycles. The minimum atomic E-state index is -0.786. The second kappa shape index (κ2) is 4.89. The van der Waals surface area contributed by atoms with E-state index in [4.69, 9.17) is 28.4 Å². The van der Waals surface area contributed by atoms with E-state index in [-0.39, 0.29) is 12.2 Å². The fraction of sp³-hybridized carbons (Fsp3) is 0.929. The van der Waals surface area contributed by atoms with E-state index in [1.54, 1.807) is 0 Å². The second-order valence-electron chi connectivity index (χ2n) is 6.51. The molecule has 0 aliphatic carbocycles. The van der Waals surface area contributed by atoms with Gasteiger partial charge < -0.3 is 28.4 Å². The summed E-state index contributed by atoms with van der Waals surface area (Å²) in [5.41, 5.74) is 0. The number of esters is 1. The Morgan fingerprint density at radius 2 is 1.67 bits per heavy atom. The van der Waals surface area contributed by atoms with E-state index >= 15 is 0 Å². The molecule has 3 aliphatic heterocycles. The van der Waals surface area contributed by atoms with Gasteiger partial charge >= 0.3 is 5.97 Å². The van der Waals surface area contributed by atoms with Gasteiger partial charge in [-0.3, -0.25) is 4.79 Å². The molecular weight excluding hydrogens is 280 g/mol. The Bertz CT molecular complexity index is 433. The third-order valence-corrected chi connectivity index (χ3v) is 3.73. The Labute approximate surface area is 123 Å². The van der Waals surface area contributed by atoms with E-state index in [1.807, 2.05) is 27.7 Å². The van der Waals surface area contributed by atoms with Crippen molar-refractivity contribution in [3.8, 4) is 0 Å². The van der Waals surface area contributed by atoms with Gasteiger partial charge in [-0.2, -0.15) is 0 Å². The van der Waals surface area contributed by atoms with Crippen molar-refractivity contribution in [1.82, 2.24) is 0 Å². The number of ether oxygens (including phenoxy) is 6. The number of rotatable bonds is 2. The minimum Gasteiger partial charge on any atom is -0.433 e. The molecule has 0 N–H and O–H groups in total. The maximum absolute atomic E-state index is 11.2. The van der Waals surface area contributed by atoms with Crippen LogP contribution in [0.25, 0.3) is 0 Å². The zero-order chi connectivity index (χ0) is 15.4. The average Bonchev–Trinajstić information content (AvgIpc) is 2.91. The molecule has 5 atom stereocenters. The highest BCUT2D eigenvalue weighted by Crippen LogP contribution is 2.42. The lowest BCUT2D eigenvalue weighted by Gasteiger charge is -2.26. The van der Waals surface area contributed by atoms with Crippen LogP contribution in [0.3, 0.4) is 0 Å². The quantitative estimate of drug-likeness (QED) is 0.703. The summed E-state index contributed by atoms with van der Waals surface area (Å²) >= 11 is 0. The molecular formula is C14H22O7. The lowest BCUT2D eigenvalue weighted by Crippen LogP contribution is -2.40. The van der Waals surface area contributed by atoms with Crippen molar-refractivity contribution < 1.29 is 33.2 Å². The summed E-state index contributed by atoms with van der Waals surface area (Å²) in [6, 6.07) is 0. The number of hydrogen-bond donors (Lipinski definition) is 0. The van der Waals surface area contributed by atoms with Gasteiger partial charge in [0.2, 0.25) is 6.29 Å². The van der Waals surface area contributed by atoms with Crippen molar-refractivity contribution in [1.29, 1.82) is 0 Å². The summed E-state index contributed by atoms with van der Waals surface area (Å²) in [4.78, 5) is 11.2. The van der Waals surface area contributed by atoms with Crippen LogP contribution < -0.4 is 0 Å². The molecule has 7 nitrogen and oxygen atoms in total. The van der Waals surface area contributed by atoms with Crippen LogP contribution in [0.1, 0.15) is 34.6 Å². The van der Waals surface area contributed by atoms with Crippen molar-refractivity contribution in [3.05, 3.63) is 0 Å². The van der Waals surface area contributed by atoms with Crippen molar-refractivity contribution in [2.24, 2.45) is 0 Å². The van der Waals surface area contributed by atoms with Gasteiger partial charge in [0.15, 0.2) is 17.7 Å². The summed E-state index contributed by atoms with van der Waals surface area (Å²) in [7, 11) is 0. The largest absolute Gasteiger partial charge is 0.433 e. The van der Waals surface area contributed by atoms with Crippen molar-refractivity contribution in [3.63, 3.8) is 0 Å². The maximum Gasteiger partial charge on any atom is 0.305 e. The molecule has 7 heteroatoms. The van der Waals surface area contributed by atoms with E-state index in [2.05, 4.69) is 0 Å². The molecule has 0 saturated carbocycles. The number of fused-ring (bicyclic) bond motifs is 1. The Morgan fingerprint density at radius 1 is 1.00 bits per heavy atom. The summed E-state index contributed by atoms with van der Waals surface area (Å²) in [5, 5.41) is 0. The lowest BCUT2D eigenvalue weighted by molar-refractivity contribution is -0.244. The number of carbonyl (C=O) groups excluding carboxylic acids is 1. The van der Waals surface area contributed by atoms with Crippen LogP contribution >= 0.6 is 0 Å². The van der Waals surface area contributed by atoms with Crippen LogP contribution in [0.5, 0.6) is 0 Å². The maximum atomic E-state index is 11.2. The van der Waals surface area contributed by atoms with Gasteiger partial charge in [0.25, 0.3) is 0 Å². The summed E-state index contributed by atoms with van der Waals surface area (Å²) in [6.45, 7) is 9.08. The van der Waals surface area contributed by atoms with Gasteiger partial charge in [0, 0.05) is 6.92 Å². The average molecular weight is 302 g/mol. The first-order chi connectivity index (χ1) is 9.67. The molecule has 21 heavy (non-hydrogen) atoms. The lowest BCUT2D eigenvalue weighted by atomic mass is 10.1. The van der Waals surface area contributed by atoms with Crippen LogP contribution in [0.4, 0.5) is 0 Å². The Kier molecular flexibility index (Phi) is 3.53. The Morgan fingerprint density at radius 3 is 2.24 bits per heavy atom. The molecule has 0 unspecified atom stereocenters. The fourth-order valence-electron chi connectivity index (χ4n) is 3.03. The van der Waals surface area contributed by atoms with Crippen LogP contribution in [0, 0.1) is 0 Å². The topological polar surface area (TPSA) is 72.5 Å². The molecule has 0 aromatic rings. The monoisotopic (exact) mass is 302 g/mol. The standard InChI is InChI=1S/C14H22O7/c1-7(15)17-12-11-10(20-14(4,5)21-11)9(18-12)8-6-16-13(2,3)19-8/h8-12H,6H2,1-5H3/t8-,9-,10-,11-,12-/m1/s1. The molecule has 0 amide bonds. The third kappa shape index (κ3) is 2.93. The van der Waals surface area contributed by atoms with Crippen molar-refractivity contribution in [2.45, 2.75) is 76.9 Å². The van der Waals surface area contributed by atoms with Crippen LogP contribution in [0.15, 0.2) is 0 Å². The predicted octanol–water partition coefficient (Wildman–Crippen LogP) is 0.946. The van der Waals surface area contributed by atoms with E-state index in [1.165, 1.54) is 6.92 Å². The molecule has 3 fully saturated rings. The molecule has 0 radical (unpaired) electrons. The zero-order valence-electron chi connectivity index (χ0n) is 13.0. The first kappa shape index (κ1) is 15.2. The first-order valence-corrected chi connectivity index (χ1v) is 7.17. The van der Waals surface area contributed by atoms with Gasteiger partial charge in [-0.05, 0) is 27.7 Å². The van der Waals surface area contributed by atoms with Gasteiger partial charge in [0.05, 0.1) is 6.61 Å². The van der Waals surface area contributed by atoms with Gasteiger partial charge in [0.1, 0.15) is 18.3 Å². The molecule has 0 aromatic heterocycles. The Hall–Kier alpha value is -0.730. The smallest absolute Gasteiger partial charge is 0.305 e. The van der Waals surface area contributed by atoms with Gasteiger partial charge in [-0.1, -0.05) is 0 Å². The Balaban J connectivity index is 1.77. The van der Waals surface area contributed by atoms with E-state index < -0.39 is 36.0 Å². The first-order valence-electron chi connectivity index (χ1n) is 7.17. The van der Waals surface area contributed by atoms with Gasteiger partial charge in [-0.25, -0.2) is 0 Å². The van der Waals surface area contributed by atoms with Crippen molar-refractivity contribution in [2.75, 3.05) is 6.61 Å². The number of carbonyl (C=O) groups is 1. The highest BCUT2D eigenvalue weighted by Gasteiger charge is 2.60. The molecule has 3 aliphatic rings. The van der Waals surface area contributed by atoms with E-state index in [0.29, 0.717) is 6.61 Å². The molecule has 0 aromatic carbocycles. The normalized spacial score (nSPS) is 43.8. The van der Waals surface area contributed by atoms with Crippen LogP contribution in [-0.4, -0.2) is 54.9 Å². The fourth-order valence-corrected chi connectivity index (χ4v) is 3.03. The molecule has 3 saturated heterocycles. The predicted molar refractivity (Wildman–Crippen MR) is 69.2 cm³/mol. The van der Waals surface area contributed by atoms with E-state index in [0.717, 1.165) is 0 Å². The highest BCUT2D eigenvalue weighted by atomic mass is 16.8. The summed E-state index contributed by atoms with van der Waals surface area (Å²) in [6.07, 6.45) is -2.28. The zero-order valence-corrected chi connectivity index (χ0v) is 13.0. The van der Waals surface area contributed by atoms with Crippen molar-refractivity contribution >= 4 is 5.97 Å². The molecule has 120 valence electrons. The summed E-state index contributed by atoms with van der Waals surface area (Å²) in [5.74, 6) is -1.82. The molecule has 3 rings (SSSR count). The van der Waals surface area contributed by atoms with E-state index in [9.17, 15) is 4.79 Å². The molecule has 0 spiro atoms. The highest BCUT2D eigenvalue weighted by molar-refractivity contribution is 5.66. The van der Waals surface area contributed by atoms with Crippen LogP contribution in [0.2, 0.25) is 0 Å². The second-order valence-corrected chi connectivity index (χ2v) is 6.51. The molecule has 0 bridgehead atoms. The van der Waals surface area contributed by atoms with Gasteiger partial charge in [-0.15, -0.1) is 0 Å².